The Morgan fingerprint density at radius 1 is 0.702 bits per heavy atom. The zero-order valence-electron chi connectivity index (χ0n) is 33.5. The second-order valence-electron chi connectivity index (χ2n) is 15.8. The quantitative estimate of drug-likeness (QED) is 0.0526. The van der Waals surface area contributed by atoms with Crippen LogP contribution < -0.4 is 10.1 Å². The number of carboxylic acids is 1. The maximum absolute atomic E-state index is 13.8. The lowest BCUT2D eigenvalue weighted by Gasteiger charge is -2.20. The van der Waals surface area contributed by atoms with Gasteiger partial charge in [-0.1, -0.05) is 126 Å². The lowest BCUT2D eigenvalue weighted by atomic mass is 9.85. The number of carboxylic acid groups (broad SMARTS) is 1. The third-order valence-corrected chi connectivity index (χ3v) is 10.2. The van der Waals surface area contributed by atoms with Crippen LogP contribution in [0.1, 0.15) is 93.3 Å². The molecule has 5 aromatic rings. The molecule has 0 aliphatic carbocycles. The van der Waals surface area contributed by atoms with Gasteiger partial charge in [0.25, 0.3) is 0 Å². The standard InChI is InChI=1S/C48H55N3O6/c1-5-6-7-8-9-26-57-43-24-18-35(19-25-43)40-31-49-45(50-32-40)37-14-10-33(11-15-37)27-38(29-44(53)36-16-20-41(21-17-36)48(2,3)4)46(54)51-30-39(47(55)56)28-34-12-22-42(52)23-13-34/h10-25,31-32,38-39,52H,5-9,26-30H2,1-4H3,(H,51,54)(H,55,56)/t38-,39?/m1/s1. The minimum Gasteiger partial charge on any atom is -0.508 e. The zero-order chi connectivity index (χ0) is 40.8. The number of benzene rings is 4. The molecule has 9 heteroatoms. The Bertz CT molecular complexity index is 2040. The van der Waals surface area contributed by atoms with Crippen molar-refractivity contribution in [2.45, 2.75) is 84.5 Å². The number of phenolic OH excluding ortho intramolecular Hbond substituents is 1. The molecule has 5 rings (SSSR count). The number of rotatable bonds is 20. The zero-order valence-corrected chi connectivity index (χ0v) is 33.5. The molecule has 57 heavy (non-hydrogen) atoms. The number of hydrogen-bond acceptors (Lipinski definition) is 7. The van der Waals surface area contributed by atoms with Crippen LogP contribution >= 0.6 is 0 Å². The number of aromatic hydroxyl groups is 1. The van der Waals surface area contributed by atoms with Crippen molar-refractivity contribution in [3.8, 4) is 34.0 Å². The molecule has 2 atom stereocenters. The fourth-order valence-corrected chi connectivity index (χ4v) is 6.63. The van der Waals surface area contributed by atoms with Crippen molar-refractivity contribution in [1.29, 1.82) is 0 Å². The number of ketones is 1. The van der Waals surface area contributed by atoms with Gasteiger partial charge >= 0.3 is 5.97 Å². The maximum atomic E-state index is 13.8. The normalized spacial score (nSPS) is 12.4. The van der Waals surface area contributed by atoms with Gasteiger partial charge in [0.15, 0.2) is 11.6 Å². The van der Waals surface area contributed by atoms with Crippen molar-refractivity contribution in [3.05, 3.63) is 132 Å². The van der Waals surface area contributed by atoms with Crippen molar-refractivity contribution >= 4 is 17.7 Å². The van der Waals surface area contributed by atoms with Crippen LogP contribution in [0.2, 0.25) is 0 Å². The van der Waals surface area contributed by atoms with Crippen molar-refractivity contribution in [2.75, 3.05) is 13.2 Å². The van der Waals surface area contributed by atoms with Gasteiger partial charge in [0, 0.05) is 48.0 Å². The van der Waals surface area contributed by atoms with Crippen LogP contribution in [-0.2, 0) is 27.8 Å². The number of amides is 1. The smallest absolute Gasteiger partial charge is 0.308 e. The van der Waals surface area contributed by atoms with Crippen LogP contribution in [0.5, 0.6) is 11.5 Å². The van der Waals surface area contributed by atoms with E-state index in [1.807, 2.05) is 60.7 Å². The Morgan fingerprint density at radius 2 is 1.28 bits per heavy atom. The third-order valence-electron chi connectivity index (χ3n) is 10.2. The summed E-state index contributed by atoms with van der Waals surface area (Å²) in [6.45, 7) is 9.14. The van der Waals surface area contributed by atoms with Gasteiger partial charge in [0.2, 0.25) is 5.91 Å². The summed E-state index contributed by atoms with van der Waals surface area (Å²) in [7, 11) is 0. The van der Waals surface area contributed by atoms with Gasteiger partial charge in [-0.15, -0.1) is 0 Å². The van der Waals surface area contributed by atoms with Crippen LogP contribution in [0.25, 0.3) is 22.5 Å². The fraction of sp³-hybridized carbons (Fsp3) is 0.354. The van der Waals surface area contributed by atoms with Crippen molar-refractivity contribution in [1.82, 2.24) is 15.3 Å². The van der Waals surface area contributed by atoms with E-state index >= 15 is 0 Å². The highest BCUT2D eigenvalue weighted by Crippen LogP contribution is 2.26. The predicted molar refractivity (Wildman–Crippen MR) is 224 cm³/mol. The summed E-state index contributed by atoms with van der Waals surface area (Å²) < 4.78 is 5.91. The number of carbonyl (C=O) groups excluding carboxylic acids is 2. The van der Waals surface area contributed by atoms with Gasteiger partial charge in [-0.25, -0.2) is 9.97 Å². The molecule has 0 aliphatic rings. The summed E-state index contributed by atoms with van der Waals surface area (Å²) in [6, 6.07) is 29.4. The van der Waals surface area contributed by atoms with Crippen molar-refractivity contribution in [2.24, 2.45) is 11.8 Å². The number of phenols is 1. The second kappa shape index (κ2) is 20.4. The Hall–Kier alpha value is -5.83. The molecule has 4 aromatic carbocycles. The topological polar surface area (TPSA) is 139 Å². The average Bonchev–Trinajstić information content (AvgIpc) is 3.21. The number of aromatic nitrogens is 2. The SMILES string of the molecule is CCCCCCCOc1ccc(-c2cnc(-c3ccc(C[C@H](CC(=O)c4ccc(C(C)(C)C)cc4)C(=O)NCC(Cc4ccc(O)cc4)C(=O)O)cc3)nc2)cc1. The van der Waals surface area contributed by atoms with E-state index in [2.05, 4.69) is 43.0 Å². The summed E-state index contributed by atoms with van der Waals surface area (Å²) in [5.74, 6) is -1.75. The number of ether oxygens (including phenoxy) is 1. The Balaban J connectivity index is 1.25. The first kappa shape index (κ1) is 42.3. The number of nitrogens with zero attached hydrogens (tertiary/aromatic N) is 2. The van der Waals surface area contributed by atoms with Gasteiger partial charge in [0.1, 0.15) is 11.5 Å². The van der Waals surface area contributed by atoms with E-state index in [9.17, 15) is 24.6 Å². The molecule has 1 aromatic heterocycles. The fourth-order valence-electron chi connectivity index (χ4n) is 6.63. The lowest BCUT2D eigenvalue weighted by molar-refractivity contribution is -0.141. The molecule has 3 N–H and O–H groups in total. The number of nitrogens with one attached hydrogen (secondary N) is 1. The summed E-state index contributed by atoms with van der Waals surface area (Å²) in [4.78, 5) is 48.7. The lowest BCUT2D eigenvalue weighted by Crippen LogP contribution is -2.39. The molecule has 0 spiro atoms. The summed E-state index contributed by atoms with van der Waals surface area (Å²) in [6.07, 6.45) is 9.97. The molecule has 1 amide bonds. The van der Waals surface area contributed by atoms with E-state index in [1.54, 1.807) is 36.7 Å². The van der Waals surface area contributed by atoms with Crippen LogP contribution in [0.15, 0.2) is 109 Å². The molecule has 0 saturated heterocycles. The molecule has 1 unspecified atom stereocenters. The average molecular weight is 770 g/mol. The highest BCUT2D eigenvalue weighted by molar-refractivity contribution is 5.98. The van der Waals surface area contributed by atoms with Crippen LogP contribution in [0, 0.1) is 11.8 Å². The van der Waals surface area contributed by atoms with Crippen LogP contribution in [-0.4, -0.2) is 51.0 Å². The molecule has 9 nitrogen and oxygen atoms in total. The summed E-state index contributed by atoms with van der Waals surface area (Å²) in [5, 5.41) is 22.4. The minimum absolute atomic E-state index is 0.0468. The van der Waals surface area contributed by atoms with E-state index in [-0.39, 0.29) is 42.8 Å². The first-order valence-corrected chi connectivity index (χ1v) is 20.0. The molecule has 0 bridgehead atoms. The predicted octanol–water partition coefficient (Wildman–Crippen LogP) is 9.65. The third kappa shape index (κ3) is 12.9. The van der Waals surface area contributed by atoms with E-state index < -0.39 is 23.7 Å². The molecule has 1 heterocycles. The van der Waals surface area contributed by atoms with Crippen molar-refractivity contribution < 1.29 is 29.3 Å². The Kier molecular flexibility index (Phi) is 15.1. The molecule has 0 fully saturated rings. The molecule has 298 valence electrons. The van der Waals surface area contributed by atoms with Gasteiger partial charge in [-0.2, -0.15) is 0 Å². The van der Waals surface area contributed by atoms with E-state index in [0.717, 1.165) is 45.6 Å². The van der Waals surface area contributed by atoms with Gasteiger partial charge < -0.3 is 20.3 Å². The van der Waals surface area contributed by atoms with Crippen molar-refractivity contribution in [3.63, 3.8) is 0 Å². The Morgan fingerprint density at radius 3 is 1.88 bits per heavy atom. The maximum Gasteiger partial charge on any atom is 0.308 e. The highest BCUT2D eigenvalue weighted by Gasteiger charge is 2.26. The van der Waals surface area contributed by atoms with E-state index in [1.165, 1.54) is 37.8 Å². The first-order chi connectivity index (χ1) is 27.4. The number of aliphatic carboxylic acids is 1. The van der Waals surface area contributed by atoms with Crippen LogP contribution in [0.3, 0.4) is 0 Å². The summed E-state index contributed by atoms with van der Waals surface area (Å²) >= 11 is 0. The van der Waals surface area contributed by atoms with E-state index in [0.29, 0.717) is 18.0 Å². The van der Waals surface area contributed by atoms with E-state index in [4.69, 9.17) is 4.74 Å². The van der Waals surface area contributed by atoms with Crippen LogP contribution in [0.4, 0.5) is 0 Å². The number of Topliss-reactive ketones (excluding diaryl/α,β-unsaturated/α-hetero) is 1. The molecular weight excluding hydrogens is 715 g/mol. The molecular formula is C48H55N3O6. The number of carbonyl (C=O) groups is 3. The molecule has 0 radical (unpaired) electrons. The molecule has 0 aliphatic heterocycles. The first-order valence-electron chi connectivity index (χ1n) is 20.0. The number of hydrogen-bond donors (Lipinski definition) is 3. The highest BCUT2D eigenvalue weighted by atomic mass is 16.5. The largest absolute Gasteiger partial charge is 0.508 e. The van der Waals surface area contributed by atoms with Gasteiger partial charge in [-0.3, -0.25) is 14.4 Å². The molecule has 0 saturated carbocycles. The monoisotopic (exact) mass is 769 g/mol. The second-order valence-corrected chi connectivity index (χ2v) is 15.8. The summed E-state index contributed by atoms with van der Waals surface area (Å²) in [5.41, 5.74) is 5.80. The Labute approximate surface area is 336 Å². The van der Waals surface area contributed by atoms with Gasteiger partial charge in [-0.05, 0) is 71.2 Å². The number of unbranched alkanes of at least 4 members (excludes halogenated alkanes) is 4. The minimum atomic E-state index is -1.05. The van der Waals surface area contributed by atoms with Gasteiger partial charge in [0.05, 0.1) is 12.5 Å².